The van der Waals surface area contributed by atoms with E-state index in [1.54, 1.807) is 7.05 Å². The van der Waals surface area contributed by atoms with Crippen LogP contribution in [0.4, 0.5) is 4.39 Å². The highest BCUT2D eigenvalue weighted by molar-refractivity contribution is 7.91. The molecule has 2 atom stereocenters. The van der Waals surface area contributed by atoms with Crippen molar-refractivity contribution in [1.29, 1.82) is 0 Å². The lowest BCUT2D eigenvalue weighted by molar-refractivity contribution is 0.242. The zero-order valence-electron chi connectivity index (χ0n) is 7.09. The second-order valence-corrected chi connectivity index (χ2v) is 5.47. The highest BCUT2D eigenvalue weighted by Gasteiger charge is 2.33. The van der Waals surface area contributed by atoms with E-state index in [1.807, 2.05) is 0 Å². The molecular formula is C7H14FNO2S. The number of nitrogens with one attached hydrogen (secondary N) is 1. The van der Waals surface area contributed by atoms with Gasteiger partial charge >= 0.3 is 0 Å². The van der Waals surface area contributed by atoms with Crippen molar-refractivity contribution >= 4 is 9.84 Å². The third kappa shape index (κ3) is 2.42. The molecule has 72 valence electrons. The van der Waals surface area contributed by atoms with Crippen LogP contribution in [0.2, 0.25) is 0 Å². The Morgan fingerprint density at radius 2 is 2.33 bits per heavy atom. The molecule has 0 spiro atoms. The van der Waals surface area contributed by atoms with Crippen LogP contribution in [0.3, 0.4) is 0 Å². The molecule has 0 aromatic heterocycles. The van der Waals surface area contributed by atoms with Crippen LogP contribution in [0.5, 0.6) is 0 Å². The minimum Gasteiger partial charge on any atom is -0.317 e. The zero-order chi connectivity index (χ0) is 9.19. The molecule has 1 fully saturated rings. The van der Waals surface area contributed by atoms with Crippen molar-refractivity contribution in [3.8, 4) is 0 Å². The van der Waals surface area contributed by atoms with Crippen LogP contribution in [-0.4, -0.2) is 39.7 Å². The van der Waals surface area contributed by atoms with E-state index in [4.69, 9.17) is 0 Å². The number of alkyl halides is 1. The molecule has 0 aliphatic carbocycles. The lowest BCUT2D eigenvalue weighted by atomic mass is 10.0. The van der Waals surface area contributed by atoms with E-state index in [9.17, 15) is 12.8 Å². The zero-order valence-corrected chi connectivity index (χ0v) is 7.90. The van der Waals surface area contributed by atoms with Crippen LogP contribution in [0.1, 0.15) is 6.42 Å². The summed E-state index contributed by atoms with van der Waals surface area (Å²) >= 11 is 0. The van der Waals surface area contributed by atoms with Gasteiger partial charge in [0.25, 0.3) is 0 Å². The maximum atomic E-state index is 13.1. The van der Waals surface area contributed by atoms with Gasteiger partial charge in [-0.05, 0) is 13.5 Å². The van der Waals surface area contributed by atoms with Gasteiger partial charge < -0.3 is 5.32 Å². The molecule has 3 nitrogen and oxygen atoms in total. The van der Waals surface area contributed by atoms with Gasteiger partial charge in [-0.2, -0.15) is 0 Å². The second-order valence-electron chi connectivity index (χ2n) is 3.24. The largest absolute Gasteiger partial charge is 0.317 e. The van der Waals surface area contributed by atoms with Crippen LogP contribution in [0.15, 0.2) is 0 Å². The maximum absolute atomic E-state index is 13.1. The first-order valence-electron chi connectivity index (χ1n) is 4.04. The molecule has 0 aromatic rings. The monoisotopic (exact) mass is 195 g/mol. The summed E-state index contributed by atoms with van der Waals surface area (Å²) in [6.07, 6.45) is -0.544. The SMILES string of the molecule is CNCC(F)C1CCS(=O)(=O)C1. The summed E-state index contributed by atoms with van der Waals surface area (Å²) in [5.41, 5.74) is 0. The molecule has 1 N–H and O–H groups in total. The highest BCUT2D eigenvalue weighted by Crippen LogP contribution is 2.23. The molecule has 1 aliphatic heterocycles. The van der Waals surface area contributed by atoms with Crippen molar-refractivity contribution in [2.24, 2.45) is 5.92 Å². The van der Waals surface area contributed by atoms with Crippen molar-refractivity contribution in [3.05, 3.63) is 0 Å². The quantitative estimate of drug-likeness (QED) is 0.688. The predicted octanol–water partition coefficient (Wildman–Crippen LogP) is -0.0214. The Hall–Kier alpha value is -0.160. The van der Waals surface area contributed by atoms with Gasteiger partial charge in [-0.3, -0.25) is 0 Å². The number of hydrogen-bond donors (Lipinski definition) is 1. The van der Waals surface area contributed by atoms with E-state index in [-0.39, 0.29) is 24.0 Å². The fraction of sp³-hybridized carbons (Fsp3) is 1.00. The fourth-order valence-electron chi connectivity index (χ4n) is 1.47. The van der Waals surface area contributed by atoms with Gasteiger partial charge in [0.2, 0.25) is 0 Å². The molecule has 0 radical (unpaired) electrons. The third-order valence-corrected chi connectivity index (χ3v) is 3.97. The minimum atomic E-state index is -2.93. The first-order valence-corrected chi connectivity index (χ1v) is 5.86. The van der Waals surface area contributed by atoms with Gasteiger partial charge in [-0.25, -0.2) is 12.8 Å². The first kappa shape index (κ1) is 9.92. The predicted molar refractivity (Wildman–Crippen MR) is 45.6 cm³/mol. The van der Waals surface area contributed by atoms with Crippen molar-refractivity contribution in [3.63, 3.8) is 0 Å². The van der Waals surface area contributed by atoms with Crippen molar-refractivity contribution in [1.82, 2.24) is 5.32 Å². The third-order valence-electron chi connectivity index (χ3n) is 2.18. The summed E-state index contributed by atoms with van der Waals surface area (Å²) in [6, 6.07) is 0. The summed E-state index contributed by atoms with van der Waals surface area (Å²) < 4.78 is 35.0. The van der Waals surface area contributed by atoms with Gasteiger partial charge in [0.15, 0.2) is 9.84 Å². The van der Waals surface area contributed by atoms with E-state index in [0.717, 1.165) is 0 Å². The topological polar surface area (TPSA) is 46.2 Å². The smallest absolute Gasteiger partial charge is 0.150 e. The average molecular weight is 195 g/mol. The minimum absolute atomic E-state index is 0.0237. The molecule has 0 bridgehead atoms. The van der Waals surface area contributed by atoms with Crippen LogP contribution in [-0.2, 0) is 9.84 Å². The molecule has 0 amide bonds. The van der Waals surface area contributed by atoms with Crippen LogP contribution in [0, 0.1) is 5.92 Å². The van der Waals surface area contributed by atoms with E-state index < -0.39 is 16.0 Å². The summed E-state index contributed by atoms with van der Waals surface area (Å²) in [5.74, 6) is -0.111. The maximum Gasteiger partial charge on any atom is 0.150 e. The number of rotatable bonds is 3. The molecule has 1 heterocycles. The molecule has 5 heteroatoms. The average Bonchev–Trinajstić information content (AvgIpc) is 2.31. The second kappa shape index (κ2) is 3.70. The Morgan fingerprint density at radius 3 is 2.75 bits per heavy atom. The normalized spacial score (nSPS) is 30.3. The molecule has 1 saturated heterocycles. The van der Waals surface area contributed by atoms with E-state index in [1.165, 1.54) is 0 Å². The lowest BCUT2D eigenvalue weighted by Crippen LogP contribution is -2.28. The van der Waals surface area contributed by atoms with Crippen molar-refractivity contribution < 1.29 is 12.8 Å². The Balaban J connectivity index is 2.46. The molecule has 2 unspecified atom stereocenters. The molecule has 1 rings (SSSR count). The standard InChI is InChI=1S/C7H14FNO2S/c1-9-4-7(8)6-2-3-12(10,11)5-6/h6-7,9H,2-5H2,1H3. The van der Waals surface area contributed by atoms with Crippen LogP contribution < -0.4 is 5.32 Å². The number of sulfone groups is 1. The Bertz CT molecular complexity index is 240. The van der Waals surface area contributed by atoms with Crippen LogP contribution >= 0.6 is 0 Å². The van der Waals surface area contributed by atoms with Gasteiger partial charge in [0, 0.05) is 12.5 Å². The molecule has 1 aliphatic rings. The molecule has 12 heavy (non-hydrogen) atoms. The van der Waals surface area contributed by atoms with Crippen molar-refractivity contribution in [2.75, 3.05) is 25.1 Å². The Morgan fingerprint density at radius 1 is 1.67 bits per heavy atom. The van der Waals surface area contributed by atoms with Gasteiger partial charge in [-0.15, -0.1) is 0 Å². The van der Waals surface area contributed by atoms with Gasteiger partial charge in [0.05, 0.1) is 11.5 Å². The van der Waals surface area contributed by atoms with E-state index >= 15 is 0 Å². The van der Waals surface area contributed by atoms with Gasteiger partial charge in [-0.1, -0.05) is 0 Å². The fourth-order valence-corrected chi connectivity index (χ4v) is 3.33. The summed E-state index contributed by atoms with van der Waals surface area (Å²) in [7, 11) is -1.26. The Kier molecular flexibility index (Phi) is 3.06. The lowest BCUT2D eigenvalue weighted by Gasteiger charge is -2.12. The summed E-state index contributed by atoms with van der Waals surface area (Å²) in [5, 5.41) is 2.70. The molecule has 0 aromatic carbocycles. The highest BCUT2D eigenvalue weighted by atomic mass is 32.2. The summed E-state index contributed by atoms with van der Waals surface area (Å²) in [6.45, 7) is 0.250. The van der Waals surface area contributed by atoms with E-state index in [0.29, 0.717) is 6.42 Å². The van der Waals surface area contributed by atoms with Gasteiger partial charge in [0.1, 0.15) is 6.17 Å². The van der Waals surface area contributed by atoms with E-state index in [2.05, 4.69) is 5.32 Å². The van der Waals surface area contributed by atoms with Crippen LogP contribution in [0.25, 0.3) is 0 Å². The number of halogens is 1. The summed E-state index contributed by atoms with van der Waals surface area (Å²) in [4.78, 5) is 0. The Labute approximate surface area is 72.3 Å². The van der Waals surface area contributed by atoms with Crippen molar-refractivity contribution in [2.45, 2.75) is 12.6 Å². The molecular weight excluding hydrogens is 181 g/mol. The molecule has 0 saturated carbocycles. The first-order chi connectivity index (χ1) is 5.55. The number of hydrogen-bond acceptors (Lipinski definition) is 3.